The average molecular weight is 343 g/mol. The van der Waals surface area contributed by atoms with Crippen molar-refractivity contribution in [1.82, 2.24) is 0 Å². The van der Waals surface area contributed by atoms with E-state index in [1.165, 1.54) is 0 Å². The summed E-state index contributed by atoms with van der Waals surface area (Å²) in [5.41, 5.74) is 6.71. The van der Waals surface area contributed by atoms with Crippen molar-refractivity contribution in [2.24, 2.45) is 0 Å². The van der Waals surface area contributed by atoms with Gasteiger partial charge in [0.1, 0.15) is 5.75 Å². The number of benzene rings is 2. The Balaban J connectivity index is 2.23. The fourth-order valence-corrected chi connectivity index (χ4v) is 2.61. The number of rotatable bonds is 2. The summed E-state index contributed by atoms with van der Waals surface area (Å²) in [6.07, 6.45) is 0. The number of hydrogen-bond donors (Lipinski definition) is 2. The van der Waals surface area contributed by atoms with E-state index < -0.39 is 0 Å². The number of halogens is 1. The number of nitrogens with two attached hydrogens (primary N) is 1. The summed E-state index contributed by atoms with van der Waals surface area (Å²) < 4.78 is 1.13. The lowest BCUT2D eigenvalue weighted by Gasteiger charge is -2.05. The molecule has 2 nitrogen and oxygen atoms in total. The molecular formula is C12H10INOS. The summed E-state index contributed by atoms with van der Waals surface area (Å²) in [6, 6.07) is 13.1. The topological polar surface area (TPSA) is 46.2 Å². The fraction of sp³-hybridized carbons (Fsp3) is 0. The molecule has 4 heteroatoms. The molecule has 16 heavy (non-hydrogen) atoms. The molecule has 3 N–H and O–H groups in total. The molecule has 0 aromatic heterocycles. The van der Waals surface area contributed by atoms with Crippen molar-refractivity contribution in [2.45, 2.75) is 9.79 Å². The fourth-order valence-electron chi connectivity index (χ4n) is 1.25. The van der Waals surface area contributed by atoms with E-state index in [4.69, 9.17) is 5.73 Å². The van der Waals surface area contributed by atoms with E-state index in [1.54, 1.807) is 23.9 Å². The van der Waals surface area contributed by atoms with Gasteiger partial charge in [-0.1, -0.05) is 11.8 Å². The lowest BCUT2D eigenvalue weighted by atomic mass is 10.3. The molecule has 0 fully saturated rings. The van der Waals surface area contributed by atoms with Crippen molar-refractivity contribution in [1.29, 1.82) is 0 Å². The highest BCUT2D eigenvalue weighted by atomic mass is 127. The van der Waals surface area contributed by atoms with Crippen molar-refractivity contribution in [3.63, 3.8) is 0 Å². The van der Waals surface area contributed by atoms with Gasteiger partial charge in [-0.2, -0.15) is 0 Å². The van der Waals surface area contributed by atoms with Crippen LogP contribution < -0.4 is 5.73 Å². The zero-order chi connectivity index (χ0) is 11.5. The van der Waals surface area contributed by atoms with Crippen LogP contribution in [0.15, 0.2) is 52.3 Å². The highest BCUT2D eigenvalue weighted by molar-refractivity contribution is 14.1. The van der Waals surface area contributed by atoms with Gasteiger partial charge in [0, 0.05) is 19.0 Å². The maximum atomic E-state index is 9.18. The number of anilines is 1. The van der Waals surface area contributed by atoms with Gasteiger partial charge < -0.3 is 10.8 Å². The standard InChI is InChI=1S/C12H10INOS/c13-8-1-6-12(11(14)7-8)16-10-4-2-9(15)3-5-10/h1-7,15H,14H2. The number of phenols is 1. The van der Waals surface area contributed by atoms with E-state index in [1.807, 2.05) is 30.3 Å². The monoisotopic (exact) mass is 343 g/mol. The number of aromatic hydroxyl groups is 1. The molecule has 2 rings (SSSR count). The van der Waals surface area contributed by atoms with Gasteiger partial charge in [0.05, 0.1) is 0 Å². The van der Waals surface area contributed by atoms with Gasteiger partial charge in [0.25, 0.3) is 0 Å². The predicted octanol–water partition coefficient (Wildman–Crippen LogP) is 3.73. The van der Waals surface area contributed by atoms with Crippen LogP contribution in [0.1, 0.15) is 0 Å². The van der Waals surface area contributed by atoms with Crippen LogP contribution in [0.25, 0.3) is 0 Å². The molecule has 0 radical (unpaired) electrons. The first-order valence-corrected chi connectivity index (χ1v) is 6.56. The van der Waals surface area contributed by atoms with Gasteiger partial charge in [-0.25, -0.2) is 0 Å². The van der Waals surface area contributed by atoms with E-state index in [0.29, 0.717) is 0 Å². The van der Waals surface area contributed by atoms with Gasteiger partial charge in [0.15, 0.2) is 0 Å². The Labute approximate surface area is 112 Å². The Kier molecular flexibility index (Phi) is 3.60. The minimum absolute atomic E-state index is 0.278. The van der Waals surface area contributed by atoms with Crippen molar-refractivity contribution in [3.8, 4) is 5.75 Å². The molecule has 0 amide bonds. The van der Waals surface area contributed by atoms with Crippen LogP contribution in [0.5, 0.6) is 5.75 Å². The van der Waals surface area contributed by atoms with E-state index in [0.717, 1.165) is 19.0 Å². The third-order valence-electron chi connectivity index (χ3n) is 2.04. The Morgan fingerprint density at radius 2 is 1.75 bits per heavy atom. The number of hydrogen-bond acceptors (Lipinski definition) is 3. The molecular weight excluding hydrogens is 333 g/mol. The number of nitrogen functional groups attached to an aromatic ring is 1. The van der Waals surface area contributed by atoms with Gasteiger partial charge in [-0.05, 0) is 65.1 Å². The molecule has 0 aliphatic rings. The van der Waals surface area contributed by atoms with Crippen LogP contribution in [-0.4, -0.2) is 5.11 Å². The lowest BCUT2D eigenvalue weighted by molar-refractivity contribution is 0.475. The van der Waals surface area contributed by atoms with Crippen LogP contribution in [0, 0.1) is 3.57 Å². The molecule has 0 atom stereocenters. The minimum atomic E-state index is 0.278. The normalized spacial score (nSPS) is 10.3. The highest BCUT2D eigenvalue weighted by Crippen LogP contribution is 2.33. The SMILES string of the molecule is Nc1cc(I)ccc1Sc1ccc(O)cc1. The lowest BCUT2D eigenvalue weighted by Crippen LogP contribution is -1.88. The zero-order valence-corrected chi connectivity index (χ0v) is 11.3. The van der Waals surface area contributed by atoms with E-state index in [2.05, 4.69) is 22.6 Å². The Hall–Kier alpha value is -0.880. The summed E-state index contributed by atoms with van der Waals surface area (Å²) in [6.45, 7) is 0. The van der Waals surface area contributed by atoms with E-state index >= 15 is 0 Å². The van der Waals surface area contributed by atoms with Gasteiger partial charge in [0.2, 0.25) is 0 Å². The molecule has 0 aliphatic heterocycles. The molecule has 2 aromatic carbocycles. The zero-order valence-electron chi connectivity index (χ0n) is 8.35. The van der Waals surface area contributed by atoms with Gasteiger partial charge >= 0.3 is 0 Å². The van der Waals surface area contributed by atoms with Crippen LogP contribution in [0.2, 0.25) is 0 Å². The van der Waals surface area contributed by atoms with Crippen LogP contribution >= 0.6 is 34.4 Å². The van der Waals surface area contributed by atoms with Crippen molar-refractivity contribution >= 4 is 40.0 Å². The first kappa shape index (κ1) is 11.6. The highest BCUT2D eigenvalue weighted by Gasteiger charge is 2.02. The van der Waals surface area contributed by atoms with E-state index in [-0.39, 0.29) is 5.75 Å². The molecule has 0 heterocycles. The van der Waals surface area contributed by atoms with Crippen molar-refractivity contribution in [2.75, 3.05) is 5.73 Å². The summed E-state index contributed by atoms with van der Waals surface area (Å²) in [5, 5.41) is 9.18. The second-order valence-electron chi connectivity index (χ2n) is 3.28. The maximum absolute atomic E-state index is 9.18. The summed E-state index contributed by atoms with van der Waals surface area (Å²) in [5.74, 6) is 0.278. The summed E-state index contributed by atoms with van der Waals surface area (Å²) in [7, 11) is 0. The van der Waals surface area contributed by atoms with Crippen LogP contribution in [0.4, 0.5) is 5.69 Å². The molecule has 0 aliphatic carbocycles. The summed E-state index contributed by atoms with van der Waals surface area (Å²) in [4.78, 5) is 2.09. The van der Waals surface area contributed by atoms with Crippen molar-refractivity contribution < 1.29 is 5.11 Å². The first-order valence-electron chi connectivity index (χ1n) is 4.67. The molecule has 0 bridgehead atoms. The largest absolute Gasteiger partial charge is 0.508 e. The first-order chi connectivity index (χ1) is 7.65. The predicted molar refractivity (Wildman–Crippen MR) is 75.8 cm³/mol. The van der Waals surface area contributed by atoms with E-state index in [9.17, 15) is 5.11 Å². The van der Waals surface area contributed by atoms with Crippen LogP contribution in [-0.2, 0) is 0 Å². The maximum Gasteiger partial charge on any atom is 0.115 e. The second kappa shape index (κ2) is 4.97. The quantitative estimate of drug-likeness (QED) is 0.645. The summed E-state index contributed by atoms with van der Waals surface area (Å²) >= 11 is 3.83. The Bertz CT molecular complexity index is 499. The van der Waals surface area contributed by atoms with Crippen LogP contribution in [0.3, 0.4) is 0 Å². The Morgan fingerprint density at radius 3 is 2.38 bits per heavy atom. The molecule has 0 spiro atoms. The molecule has 0 saturated carbocycles. The molecule has 0 unspecified atom stereocenters. The van der Waals surface area contributed by atoms with Gasteiger partial charge in [-0.15, -0.1) is 0 Å². The van der Waals surface area contributed by atoms with Crippen molar-refractivity contribution in [3.05, 3.63) is 46.0 Å². The average Bonchev–Trinajstić information content (AvgIpc) is 2.25. The van der Waals surface area contributed by atoms with Gasteiger partial charge in [-0.3, -0.25) is 0 Å². The minimum Gasteiger partial charge on any atom is -0.508 e. The third-order valence-corrected chi connectivity index (χ3v) is 3.81. The smallest absolute Gasteiger partial charge is 0.115 e. The Morgan fingerprint density at radius 1 is 1.06 bits per heavy atom. The molecule has 2 aromatic rings. The number of phenolic OH excluding ortho intramolecular Hbond substituents is 1. The molecule has 82 valence electrons. The molecule has 0 saturated heterocycles. The second-order valence-corrected chi connectivity index (χ2v) is 5.64. The third kappa shape index (κ3) is 2.82.